The van der Waals surface area contributed by atoms with Crippen molar-refractivity contribution < 1.29 is 36.6 Å². The van der Waals surface area contributed by atoms with Crippen LogP contribution in [-0.2, 0) is 21.9 Å². The van der Waals surface area contributed by atoms with Gasteiger partial charge in [-0.1, -0.05) is 19.9 Å². The van der Waals surface area contributed by atoms with E-state index in [1.165, 1.54) is 18.7 Å². The molecule has 141 valence electrons. The Morgan fingerprint density at radius 1 is 1.15 bits per heavy atom. The third-order valence-electron chi connectivity index (χ3n) is 4.17. The summed E-state index contributed by atoms with van der Waals surface area (Å²) >= 11 is 0. The Kier molecular flexibility index (Phi) is 7.41. The minimum atomic E-state index is -0.447. The van der Waals surface area contributed by atoms with Crippen LogP contribution in [-0.4, -0.2) is 33.6 Å². The molecule has 0 bridgehead atoms. The van der Waals surface area contributed by atoms with Crippen LogP contribution >= 0.6 is 0 Å². The van der Waals surface area contributed by atoms with Crippen molar-refractivity contribution in [3.63, 3.8) is 0 Å². The molecule has 0 saturated carbocycles. The van der Waals surface area contributed by atoms with Crippen LogP contribution in [0.2, 0.25) is 0 Å². The molecule has 0 atom stereocenters. The van der Waals surface area contributed by atoms with E-state index in [0.29, 0.717) is 12.8 Å². The molecule has 1 N–H and O–H groups in total. The number of Topliss-reactive ketones (excluding diaryl/α,β-unsaturated/α-hetero) is 1. The van der Waals surface area contributed by atoms with Gasteiger partial charge in [0.15, 0.2) is 11.5 Å². The number of fused-ring (bicyclic) bond motifs is 1. The maximum Gasteiger partial charge on any atom is 2.00 e. The minimum absolute atomic E-state index is 0. The largest absolute Gasteiger partial charge is 2.00 e. The van der Waals surface area contributed by atoms with Gasteiger partial charge in [-0.3, -0.25) is 19.3 Å². The van der Waals surface area contributed by atoms with E-state index in [-0.39, 0.29) is 57.3 Å². The van der Waals surface area contributed by atoms with Gasteiger partial charge in [-0.2, -0.15) is 0 Å². The Balaban J connectivity index is 0.00000338. The van der Waals surface area contributed by atoms with Crippen LogP contribution in [0.1, 0.15) is 61.3 Å². The predicted octanol–water partition coefficient (Wildman–Crippen LogP) is 3.93. The topological polar surface area (TPSA) is 99.4 Å². The van der Waals surface area contributed by atoms with Crippen LogP contribution < -0.4 is 0 Å². The average Bonchev–Trinajstić information content (AvgIpc) is 2.81. The van der Waals surface area contributed by atoms with Crippen molar-refractivity contribution in [2.75, 3.05) is 0 Å². The number of amides is 2. The number of benzene rings is 1. The van der Waals surface area contributed by atoms with Gasteiger partial charge in [-0.15, -0.1) is 10.2 Å². The van der Waals surface area contributed by atoms with E-state index in [1.807, 2.05) is 13.8 Å². The zero-order valence-corrected chi connectivity index (χ0v) is 16.0. The summed E-state index contributed by atoms with van der Waals surface area (Å²) in [6, 6.07) is 4.56. The van der Waals surface area contributed by atoms with Crippen molar-refractivity contribution in [1.29, 1.82) is 0 Å². The summed E-state index contributed by atoms with van der Waals surface area (Å²) < 4.78 is 0. The molecule has 0 saturated heterocycles. The first-order valence-corrected chi connectivity index (χ1v) is 8.16. The summed E-state index contributed by atoms with van der Waals surface area (Å²) in [5, 5.41) is 17.2. The quantitative estimate of drug-likeness (QED) is 0.254. The van der Waals surface area contributed by atoms with Gasteiger partial charge >= 0.3 is 17.1 Å². The zero-order chi connectivity index (χ0) is 18.7. The van der Waals surface area contributed by atoms with Crippen LogP contribution in [0.15, 0.2) is 39.9 Å². The van der Waals surface area contributed by atoms with E-state index in [4.69, 9.17) is 0 Å². The van der Waals surface area contributed by atoms with Crippen LogP contribution in [0.25, 0.3) is 0 Å². The summed E-state index contributed by atoms with van der Waals surface area (Å²) in [7, 11) is 0. The molecule has 1 aliphatic rings. The van der Waals surface area contributed by atoms with Gasteiger partial charge in [0, 0.05) is 13.0 Å². The molecule has 2 amide bonds. The number of nitrogens with zero attached hydrogens (tertiary/aromatic N) is 3. The van der Waals surface area contributed by atoms with Crippen LogP contribution in [0, 0.1) is 0 Å². The summed E-state index contributed by atoms with van der Waals surface area (Å²) in [6.07, 6.45) is 1.33. The van der Waals surface area contributed by atoms with Crippen molar-refractivity contribution in [2.45, 2.75) is 46.6 Å². The zero-order valence-electron chi connectivity index (χ0n) is 15.0. The Morgan fingerprint density at radius 2 is 1.77 bits per heavy atom. The molecule has 0 spiro atoms. The number of aliphatic hydroxyl groups excluding tert-OH is 1. The van der Waals surface area contributed by atoms with Crippen LogP contribution in [0.5, 0.6) is 0 Å². The number of carbonyl (C=O) groups excluding carboxylic acids is 3. The second kappa shape index (κ2) is 8.87. The number of ketones is 1. The van der Waals surface area contributed by atoms with Crippen molar-refractivity contribution in [3.8, 4) is 0 Å². The molecule has 1 aromatic rings. The van der Waals surface area contributed by atoms with Crippen molar-refractivity contribution in [1.82, 2.24) is 4.90 Å². The number of azo groups is 1. The number of allylic oxidation sites excluding steroid dienone is 2. The second-order valence-corrected chi connectivity index (χ2v) is 5.84. The molecule has 0 fully saturated rings. The third kappa shape index (κ3) is 3.92. The summed E-state index contributed by atoms with van der Waals surface area (Å²) in [5.74, 6) is -1.45. The molecule has 2 rings (SSSR count). The van der Waals surface area contributed by atoms with E-state index in [0.717, 1.165) is 0 Å². The van der Waals surface area contributed by atoms with Gasteiger partial charge in [0.05, 0.1) is 16.8 Å². The summed E-state index contributed by atoms with van der Waals surface area (Å²) in [5.41, 5.74) is 0.472. The Bertz CT molecular complexity index is 794. The maximum absolute atomic E-state index is 12.8. The first-order chi connectivity index (χ1) is 11.8. The van der Waals surface area contributed by atoms with E-state index < -0.39 is 11.7 Å². The van der Waals surface area contributed by atoms with Gasteiger partial charge < -0.3 is 5.11 Å². The molecule has 1 radical (unpaired) electrons. The van der Waals surface area contributed by atoms with E-state index in [2.05, 4.69) is 10.2 Å². The molecule has 26 heavy (non-hydrogen) atoms. The van der Waals surface area contributed by atoms with Gasteiger partial charge in [0.25, 0.3) is 11.8 Å². The fourth-order valence-corrected chi connectivity index (χ4v) is 2.86. The molecule has 0 unspecified atom stereocenters. The third-order valence-corrected chi connectivity index (χ3v) is 4.17. The minimum Gasteiger partial charge on any atom is -0.510 e. The fourth-order valence-electron chi connectivity index (χ4n) is 2.86. The van der Waals surface area contributed by atoms with E-state index >= 15 is 0 Å². The van der Waals surface area contributed by atoms with Gasteiger partial charge in [0.2, 0.25) is 0 Å². The number of rotatable bonds is 6. The molecule has 1 aromatic carbocycles. The Morgan fingerprint density at radius 3 is 2.27 bits per heavy atom. The number of carbonyl (C=O) groups is 3. The van der Waals surface area contributed by atoms with E-state index in [9.17, 15) is 19.5 Å². The SMILES string of the molecule is CCC(CC)N1C(=O)c2cccc(N=N/C(C(C)=O)=C(/C)O)c2C1=O.[Cu+2]. The molecule has 1 aliphatic heterocycles. The first kappa shape index (κ1) is 21.7. The number of imide groups is 1. The normalized spacial score (nSPS) is 14.6. The molecule has 0 aromatic heterocycles. The maximum atomic E-state index is 12.8. The number of hydrogen-bond acceptors (Lipinski definition) is 6. The van der Waals surface area contributed by atoms with Gasteiger partial charge in [0.1, 0.15) is 5.76 Å². The first-order valence-electron chi connectivity index (χ1n) is 8.16. The predicted molar refractivity (Wildman–Crippen MR) is 91.8 cm³/mol. The fraction of sp³-hybridized carbons (Fsp3) is 0.389. The molecule has 8 heteroatoms. The van der Waals surface area contributed by atoms with Crippen molar-refractivity contribution in [3.05, 3.63) is 40.8 Å². The summed E-state index contributed by atoms with van der Waals surface area (Å²) in [4.78, 5) is 38.1. The van der Waals surface area contributed by atoms with Crippen molar-refractivity contribution in [2.24, 2.45) is 10.2 Å². The number of hydrogen-bond donors (Lipinski definition) is 1. The van der Waals surface area contributed by atoms with Crippen LogP contribution in [0.4, 0.5) is 5.69 Å². The van der Waals surface area contributed by atoms with Crippen LogP contribution in [0.3, 0.4) is 0 Å². The Hall–Kier alpha value is -2.31. The monoisotopic (exact) mass is 406 g/mol. The molecule has 7 nitrogen and oxygen atoms in total. The van der Waals surface area contributed by atoms with E-state index in [1.54, 1.807) is 18.2 Å². The standard InChI is InChI=1S/C18H21N3O4.Cu/c1-5-12(6-2)21-17(24)13-8-7-9-14(15(13)18(21)25)19-20-16(10(3)22)11(4)23;/h7-9,12,22H,5-6H2,1-4H3;/q;+2/b16-10-,20-19?;. The van der Waals surface area contributed by atoms with Gasteiger partial charge in [-0.05, 0) is 31.9 Å². The van der Waals surface area contributed by atoms with Gasteiger partial charge in [-0.25, -0.2) is 0 Å². The molecule has 0 aliphatic carbocycles. The molecule has 1 heterocycles. The molecular formula is C18H21CuN3O4+2. The van der Waals surface area contributed by atoms with Crippen molar-refractivity contribution >= 4 is 23.3 Å². The number of aliphatic hydroxyl groups is 1. The smallest absolute Gasteiger partial charge is 0.510 e. The second-order valence-electron chi connectivity index (χ2n) is 5.84. The average molecular weight is 407 g/mol. The summed E-state index contributed by atoms with van der Waals surface area (Å²) in [6.45, 7) is 6.43. The Labute approximate surface area is 162 Å². The molecular weight excluding hydrogens is 386 g/mol.